The molecule has 1 N–H and O–H groups in total. The summed E-state index contributed by atoms with van der Waals surface area (Å²) in [6.45, 7) is 0.961. The molecule has 0 atom stereocenters. The minimum Gasteiger partial charge on any atom is -0.320 e. The van der Waals surface area contributed by atoms with Crippen LogP contribution in [-0.4, -0.2) is 43.8 Å². The van der Waals surface area contributed by atoms with Crippen molar-refractivity contribution in [3.63, 3.8) is 0 Å². The highest BCUT2D eigenvalue weighted by Gasteiger charge is 2.21. The van der Waals surface area contributed by atoms with Gasteiger partial charge in [-0.25, -0.2) is 14.2 Å². The molecule has 1 aromatic carbocycles. The molecule has 7 nitrogen and oxygen atoms in total. The molecule has 1 aliphatic heterocycles. The van der Waals surface area contributed by atoms with Crippen molar-refractivity contribution in [1.29, 1.82) is 0 Å². The molecule has 0 radical (unpaired) electrons. The van der Waals surface area contributed by atoms with Crippen LogP contribution in [0.25, 0.3) is 26.9 Å². The molecule has 1 aliphatic rings. The van der Waals surface area contributed by atoms with Crippen LogP contribution in [0, 0.1) is 5.82 Å². The Morgan fingerprint density at radius 3 is 2.84 bits per heavy atom. The summed E-state index contributed by atoms with van der Waals surface area (Å²) in [6, 6.07) is 6.01. The smallest absolute Gasteiger partial charge is 0.320 e. The fourth-order valence-corrected chi connectivity index (χ4v) is 4.76. The van der Waals surface area contributed by atoms with Crippen molar-refractivity contribution in [1.82, 2.24) is 24.6 Å². The number of fused-ring (bicyclic) bond motifs is 1. The Hall–Kier alpha value is -3.30. The van der Waals surface area contributed by atoms with E-state index in [9.17, 15) is 9.18 Å². The second kappa shape index (κ2) is 8.33. The number of aryl methyl sites for hydroxylation is 1. The Morgan fingerprint density at radius 2 is 2.12 bits per heavy atom. The van der Waals surface area contributed by atoms with Crippen molar-refractivity contribution in [3.8, 4) is 11.1 Å². The van der Waals surface area contributed by atoms with E-state index in [0.29, 0.717) is 39.9 Å². The van der Waals surface area contributed by atoms with Gasteiger partial charge in [-0.15, -0.1) is 0 Å². The largest absolute Gasteiger partial charge is 0.323 e. The highest BCUT2D eigenvalue weighted by Crippen LogP contribution is 2.31. The molecule has 0 fully saturated rings. The number of carbonyl (C=O) groups excluding carboxylic acids is 1. The van der Waals surface area contributed by atoms with Crippen LogP contribution in [0.5, 0.6) is 0 Å². The average Bonchev–Trinajstić information content (AvgIpc) is 3.39. The van der Waals surface area contributed by atoms with Crippen molar-refractivity contribution in [2.75, 3.05) is 18.4 Å². The normalized spacial score (nSPS) is 14.0. The summed E-state index contributed by atoms with van der Waals surface area (Å²) in [6.07, 6.45) is 8.07. The van der Waals surface area contributed by atoms with Gasteiger partial charge in [-0.1, -0.05) is 29.0 Å². The van der Waals surface area contributed by atoms with Gasteiger partial charge in [0.1, 0.15) is 5.82 Å². The van der Waals surface area contributed by atoms with Crippen molar-refractivity contribution in [3.05, 3.63) is 65.5 Å². The number of aromatic nitrogens is 4. The van der Waals surface area contributed by atoms with Crippen molar-refractivity contribution < 1.29 is 9.18 Å². The fraction of sp³-hybridized carbons (Fsp3) is 0.182. The molecule has 0 saturated carbocycles. The van der Waals surface area contributed by atoms with Gasteiger partial charge < -0.3 is 4.90 Å². The zero-order valence-corrected chi connectivity index (χ0v) is 18.6. The number of urea groups is 1. The summed E-state index contributed by atoms with van der Waals surface area (Å²) in [5.41, 5.74) is 4.24. The molecule has 4 heterocycles. The summed E-state index contributed by atoms with van der Waals surface area (Å²) in [4.78, 5) is 23.2. The Bertz CT molecular complexity index is 1360. The van der Waals surface area contributed by atoms with Crippen LogP contribution in [0.2, 0.25) is 5.02 Å². The zero-order valence-electron chi connectivity index (χ0n) is 17.0. The molecule has 0 spiro atoms. The first-order chi connectivity index (χ1) is 15.5. The van der Waals surface area contributed by atoms with Crippen LogP contribution in [-0.2, 0) is 7.05 Å². The third-order valence-corrected chi connectivity index (χ3v) is 6.47. The van der Waals surface area contributed by atoms with Crippen molar-refractivity contribution in [2.45, 2.75) is 6.42 Å². The maximum absolute atomic E-state index is 13.4. The highest BCUT2D eigenvalue weighted by molar-refractivity contribution is 7.22. The van der Waals surface area contributed by atoms with E-state index in [2.05, 4.69) is 20.4 Å². The molecule has 0 unspecified atom stereocenters. The summed E-state index contributed by atoms with van der Waals surface area (Å²) in [7, 11) is 1.86. The lowest BCUT2D eigenvalue weighted by Gasteiger charge is -2.26. The number of anilines is 1. The zero-order chi connectivity index (χ0) is 22.2. The molecular formula is C22H18ClFN6OS. The molecule has 3 aromatic heterocycles. The third-order valence-electron chi connectivity index (χ3n) is 5.24. The number of halogens is 2. The first-order valence-electron chi connectivity index (χ1n) is 9.92. The lowest BCUT2D eigenvalue weighted by molar-refractivity contribution is 0.217. The molecule has 0 saturated heterocycles. The molecule has 2 amide bonds. The number of nitrogens with zero attached hydrogens (tertiary/aromatic N) is 5. The SMILES string of the molecule is Cn1cc(-c2cnc(C3=CCN(C(=O)Nc4nc5ccc(F)cc5s4)CC3)c(Cl)c2)cn1. The molecular weight excluding hydrogens is 451 g/mol. The molecule has 162 valence electrons. The number of benzene rings is 1. The van der Waals surface area contributed by atoms with Gasteiger partial charge in [-0.3, -0.25) is 15.0 Å². The van der Waals surface area contributed by atoms with Gasteiger partial charge in [-0.2, -0.15) is 5.10 Å². The van der Waals surface area contributed by atoms with Crippen LogP contribution < -0.4 is 5.32 Å². The molecule has 0 aliphatic carbocycles. The average molecular weight is 469 g/mol. The highest BCUT2D eigenvalue weighted by atomic mass is 35.5. The van der Waals surface area contributed by atoms with Crippen LogP contribution >= 0.6 is 22.9 Å². The molecule has 10 heteroatoms. The minimum atomic E-state index is -0.325. The number of rotatable bonds is 3. The molecule has 4 aromatic rings. The van der Waals surface area contributed by atoms with Crippen LogP contribution in [0.4, 0.5) is 14.3 Å². The second-order valence-electron chi connectivity index (χ2n) is 7.44. The van der Waals surface area contributed by atoms with E-state index in [1.165, 1.54) is 23.5 Å². The molecule has 5 rings (SSSR count). The number of thiazole rings is 1. The lowest BCUT2D eigenvalue weighted by Crippen LogP contribution is -2.37. The third kappa shape index (κ3) is 4.09. The first kappa shape index (κ1) is 20.6. The number of nitrogens with one attached hydrogen (secondary N) is 1. The van der Waals surface area contributed by atoms with Crippen LogP contribution in [0.15, 0.2) is 48.9 Å². The number of hydrogen-bond donors (Lipinski definition) is 1. The predicted molar refractivity (Wildman–Crippen MR) is 124 cm³/mol. The van der Waals surface area contributed by atoms with E-state index in [1.54, 1.807) is 28.0 Å². The Morgan fingerprint density at radius 1 is 1.25 bits per heavy atom. The number of hydrogen-bond acceptors (Lipinski definition) is 5. The Labute approximate surface area is 192 Å². The van der Waals surface area contributed by atoms with Gasteiger partial charge in [0, 0.05) is 43.7 Å². The topological polar surface area (TPSA) is 75.9 Å². The van der Waals surface area contributed by atoms with Crippen molar-refractivity contribution in [2.24, 2.45) is 7.05 Å². The van der Waals surface area contributed by atoms with Crippen LogP contribution in [0.1, 0.15) is 12.1 Å². The fourth-order valence-electron chi connectivity index (χ4n) is 3.59. The second-order valence-corrected chi connectivity index (χ2v) is 8.88. The summed E-state index contributed by atoms with van der Waals surface area (Å²) in [5, 5.41) is 8.00. The van der Waals surface area contributed by atoms with Crippen LogP contribution in [0.3, 0.4) is 0 Å². The Kier molecular flexibility index (Phi) is 5.36. The first-order valence-corrected chi connectivity index (χ1v) is 11.1. The maximum atomic E-state index is 13.4. The molecule has 32 heavy (non-hydrogen) atoms. The van der Waals surface area contributed by atoms with E-state index in [1.807, 2.05) is 25.4 Å². The number of carbonyl (C=O) groups is 1. The van der Waals surface area contributed by atoms with Gasteiger partial charge in [0.2, 0.25) is 0 Å². The summed E-state index contributed by atoms with van der Waals surface area (Å²) < 4.78 is 15.8. The standard InChI is InChI=1S/C22H18ClFN6OS/c1-29-12-15(11-26-29)14-8-17(23)20(25-10-14)13-4-6-30(7-5-13)22(31)28-21-27-18-3-2-16(24)9-19(18)32-21/h2-4,8-12H,5-7H2,1H3,(H,27,28,31). The quantitative estimate of drug-likeness (QED) is 0.448. The van der Waals surface area contributed by atoms with E-state index in [-0.39, 0.29) is 11.8 Å². The number of amides is 2. The number of pyridine rings is 1. The monoisotopic (exact) mass is 468 g/mol. The van der Waals surface area contributed by atoms with E-state index in [4.69, 9.17) is 11.6 Å². The predicted octanol–water partition coefficient (Wildman–Crippen LogP) is 5.21. The molecule has 0 bridgehead atoms. The van der Waals surface area contributed by atoms with Gasteiger partial charge in [-0.05, 0) is 36.3 Å². The van der Waals surface area contributed by atoms with E-state index in [0.717, 1.165) is 22.4 Å². The van der Waals surface area contributed by atoms with Crippen molar-refractivity contribution >= 4 is 49.9 Å². The van der Waals surface area contributed by atoms with Gasteiger partial charge in [0.15, 0.2) is 5.13 Å². The summed E-state index contributed by atoms with van der Waals surface area (Å²) in [5.74, 6) is -0.325. The lowest BCUT2D eigenvalue weighted by atomic mass is 10.0. The van der Waals surface area contributed by atoms with E-state index >= 15 is 0 Å². The summed E-state index contributed by atoms with van der Waals surface area (Å²) >= 11 is 7.76. The Balaban J connectivity index is 1.27. The van der Waals surface area contributed by atoms with E-state index < -0.39 is 0 Å². The maximum Gasteiger partial charge on any atom is 0.323 e. The van der Waals surface area contributed by atoms with Gasteiger partial charge in [0.05, 0.1) is 27.1 Å². The van der Waals surface area contributed by atoms with Gasteiger partial charge in [0.25, 0.3) is 0 Å². The minimum absolute atomic E-state index is 0.245. The van der Waals surface area contributed by atoms with Gasteiger partial charge >= 0.3 is 6.03 Å².